The van der Waals surface area contributed by atoms with E-state index >= 15 is 0 Å². The van der Waals surface area contributed by atoms with Gasteiger partial charge >= 0.3 is 6.03 Å². The van der Waals surface area contributed by atoms with Gasteiger partial charge in [0.2, 0.25) is 5.13 Å². The zero-order valence-corrected chi connectivity index (χ0v) is 15.9. The quantitative estimate of drug-likeness (QED) is 0.563. The van der Waals surface area contributed by atoms with Crippen LogP contribution < -0.4 is 16.2 Å². The number of urea groups is 1. The number of hydrogen-bond donors (Lipinski definition) is 3. The third kappa shape index (κ3) is 4.03. The Hall–Kier alpha value is -2.86. The van der Waals surface area contributed by atoms with Gasteiger partial charge in [-0.25, -0.2) is 15.2 Å². The van der Waals surface area contributed by atoms with Crippen LogP contribution in [0.3, 0.4) is 0 Å². The van der Waals surface area contributed by atoms with Crippen LogP contribution in [0.15, 0.2) is 55.1 Å². The molecule has 0 spiro atoms. The Kier molecular flexibility index (Phi) is 4.95. The largest absolute Gasteiger partial charge is 0.334 e. The normalized spacial score (nSPS) is 11.2. The minimum Gasteiger partial charge on any atom is -0.328 e. The van der Waals surface area contributed by atoms with Crippen molar-refractivity contribution in [2.75, 3.05) is 5.43 Å². The number of nitrogens with one attached hydrogen (secondary N) is 3. The fourth-order valence-electron chi connectivity index (χ4n) is 2.60. The third-order valence-corrected chi connectivity index (χ3v) is 5.03. The summed E-state index contributed by atoms with van der Waals surface area (Å²) < 4.78 is 1.06. The summed E-state index contributed by atoms with van der Waals surface area (Å²) in [5, 5.41) is 3.62. The second-order valence-electron chi connectivity index (χ2n) is 6.68. The SMILES string of the molecule is C=C(C)c1cccc(C(C)(C)NC(=O)NNc2nc3ccccc3s2)c1. The summed E-state index contributed by atoms with van der Waals surface area (Å²) in [4.78, 5) is 16.7. The molecular weight excluding hydrogens is 344 g/mol. The van der Waals surface area contributed by atoms with Gasteiger partial charge in [0.15, 0.2) is 0 Å². The van der Waals surface area contributed by atoms with Gasteiger partial charge in [-0.2, -0.15) is 0 Å². The fraction of sp³-hybridized carbons (Fsp3) is 0.200. The van der Waals surface area contributed by atoms with Crippen molar-refractivity contribution in [3.8, 4) is 0 Å². The molecule has 0 aliphatic heterocycles. The number of allylic oxidation sites excluding steroid dienone is 1. The number of thiazole rings is 1. The maximum Gasteiger partial charge on any atom is 0.334 e. The van der Waals surface area contributed by atoms with Gasteiger partial charge in [0.05, 0.1) is 15.8 Å². The average Bonchev–Trinajstić information content (AvgIpc) is 3.03. The van der Waals surface area contributed by atoms with Crippen molar-refractivity contribution in [1.29, 1.82) is 0 Å². The Balaban J connectivity index is 1.64. The molecule has 0 saturated heterocycles. The topological polar surface area (TPSA) is 66.1 Å². The highest BCUT2D eigenvalue weighted by Crippen LogP contribution is 2.25. The molecule has 0 radical (unpaired) electrons. The molecule has 6 heteroatoms. The summed E-state index contributed by atoms with van der Waals surface area (Å²) in [6.45, 7) is 9.86. The maximum absolute atomic E-state index is 12.3. The zero-order chi connectivity index (χ0) is 18.7. The summed E-state index contributed by atoms with van der Waals surface area (Å²) in [5.41, 5.74) is 8.95. The molecule has 3 rings (SSSR count). The first-order valence-electron chi connectivity index (χ1n) is 8.31. The van der Waals surface area contributed by atoms with Crippen LogP contribution in [-0.2, 0) is 5.54 Å². The monoisotopic (exact) mass is 366 g/mol. The van der Waals surface area contributed by atoms with E-state index in [0.29, 0.717) is 5.13 Å². The van der Waals surface area contributed by atoms with Crippen molar-refractivity contribution in [3.05, 3.63) is 66.2 Å². The molecule has 1 heterocycles. The summed E-state index contributed by atoms with van der Waals surface area (Å²) >= 11 is 1.48. The molecule has 26 heavy (non-hydrogen) atoms. The Morgan fingerprint density at radius 2 is 1.92 bits per heavy atom. The van der Waals surface area contributed by atoms with Gasteiger partial charge in [0.1, 0.15) is 0 Å². The van der Waals surface area contributed by atoms with Gasteiger partial charge in [-0.15, -0.1) is 0 Å². The highest BCUT2D eigenvalue weighted by molar-refractivity contribution is 7.22. The Bertz CT molecular complexity index is 928. The fourth-order valence-corrected chi connectivity index (χ4v) is 3.42. The van der Waals surface area contributed by atoms with E-state index in [-0.39, 0.29) is 6.03 Å². The van der Waals surface area contributed by atoms with Gasteiger partial charge in [-0.3, -0.25) is 5.43 Å². The Morgan fingerprint density at radius 1 is 1.15 bits per heavy atom. The van der Waals surface area contributed by atoms with Crippen molar-refractivity contribution in [2.45, 2.75) is 26.3 Å². The van der Waals surface area contributed by atoms with Crippen molar-refractivity contribution in [1.82, 2.24) is 15.7 Å². The summed E-state index contributed by atoms with van der Waals surface area (Å²) in [5.74, 6) is 0. The van der Waals surface area contributed by atoms with Crippen molar-refractivity contribution >= 4 is 38.3 Å². The van der Waals surface area contributed by atoms with E-state index in [9.17, 15) is 4.79 Å². The van der Waals surface area contributed by atoms with Crippen LogP contribution >= 0.6 is 11.3 Å². The second kappa shape index (κ2) is 7.17. The van der Waals surface area contributed by atoms with Crippen LogP contribution in [0.25, 0.3) is 15.8 Å². The van der Waals surface area contributed by atoms with E-state index in [2.05, 4.69) is 27.7 Å². The average molecular weight is 366 g/mol. The number of rotatable bonds is 5. The molecule has 0 aliphatic carbocycles. The molecule has 0 atom stereocenters. The molecule has 2 aromatic carbocycles. The lowest BCUT2D eigenvalue weighted by Crippen LogP contribution is -2.48. The summed E-state index contributed by atoms with van der Waals surface area (Å²) in [6.07, 6.45) is 0. The van der Waals surface area contributed by atoms with Gasteiger partial charge in [0, 0.05) is 0 Å². The highest BCUT2D eigenvalue weighted by Gasteiger charge is 2.23. The van der Waals surface area contributed by atoms with Gasteiger partial charge in [-0.05, 0) is 50.1 Å². The minimum absolute atomic E-state index is 0.324. The molecule has 0 fully saturated rings. The number of benzene rings is 2. The van der Waals surface area contributed by atoms with Crippen LogP contribution in [0, 0.1) is 0 Å². The smallest absolute Gasteiger partial charge is 0.328 e. The Labute approximate surface area is 157 Å². The number of hydrogen-bond acceptors (Lipinski definition) is 4. The first-order chi connectivity index (χ1) is 12.3. The lowest BCUT2D eigenvalue weighted by Gasteiger charge is -2.27. The number of aromatic nitrogens is 1. The van der Waals surface area contributed by atoms with Crippen molar-refractivity contribution in [2.24, 2.45) is 0 Å². The minimum atomic E-state index is -0.537. The van der Waals surface area contributed by atoms with Crippen LogP contribution in [0.1, 0.15) is 31.9 Å². The first-order valence-corrected chi connectivity index (χ1v) is 9.13. The molecule has 0 bridgehead atoms. The number of anilines is 1. The van der Waals surface area contributed by atoms with E-state index in [4.69, 9.17) is 0 Å². The van der Waals surface area contributed by atoms with E-state index in [0.717, 1.165) is 26.9 Å². The van der Waals surface area contributed by atoms with Gasteiger partial charge in [0.25, 0.3) is 0 Å². The standard InChI is InChI=1S/C20H22N4OS/c1-13(2)14-8-7-9-15(12-14)20(3,4)22-18(25)23-24-19-21-16-10-5-6-11-17(16)26-19/h5-12H,1H2,2-4H3,(H,21,24)(H2,22,23,25). The van der Waals surface area contributed by atoms with Crippen LogP contribution in [0.2, 0.25) is 0 Å². The highest BCUT2D eigenvalue weighted by atomic mass is 32.1. The Morgan fingerprint density at radius 3 is 2.65 bits per heavy atom. The lowest BCUT2D eigenvalue weighted by atomic mass is 9.92. The summed E-state index contributed by atoms with van der Waals surface area (Å²) in [7, 11) is 0. The molecule has 1 aromatic heterocycles. The third-order valence-electron chi connectivity index (χ3n) is 4.08. The molecule has 3 N–H and O–H groups in total. The molecule has 134 valence electrons. The molecule has 5 nitrogen and oxygen atoms in total. The molecule has 0 saturated carbocycles. The van der Waals surface area contributed by atoms with E-state index in [1.807, 2.05) is 69.3 Å². The number of para-hydroxylation sites is 1. The molecule has 3 aromatic rings. The number of nitrogens with zero attached hydrogens (tertiary/aromatic N) is 1. The number of hydrazine groups is 1. The predicted octanol–water partition coefficient (Wildman–Crippen LogP) is 4.89. The number of carbonyl (C=O) groups is 1. The second-order valence-corrected chi connectivity index (χ2v) is 7.71. The van der Waals surface area contributed by atoms with Crippen molar-refractivity contribution < 1.29 is 4.79 Å². The van der Waals surface area contributed by atoms with E-state index in [1.54, 1.807) is 0 Å². The molecule has 2 amide bonds. The lowest BCUT2D eigenvalue weighted by molar-refractivity contribution is 0.232. The summed E-state index contributed by atoms with van der Waals surface area (Å²) in [6, 6.07) is 15.5. The number of fused-ring (bicyclic) bond motifs is 1. The molecular formula is C20H22N4OS. The van der Waals surface area contributed by atoms with E-state index < -0.39 is 5.54 Å². The number of carbonyl (C=O) groups excluding carboxylic acids is 1. The van der Waals surface area contributed by atoms with Crippen LogP contribution in [-0.4, -0.2) is 11.0 Å². The molecule has 0 aliphatic rings. The van der Waals surface area contributed by atoms with Crippen LogP contribution in [0.4, 0.5) is 9.93 Å². The zero-order valence-electron chi connectivity index (χ0n) is 15.1. The maximum atomic E-state index is 12.3. The van der Waals surface area contributed by atoms with Crippen LogP contribution in [0.5, 0.6) is 0 Å². The first kappa shape index (κ1) is 17.9. The van der Waals surface area contributed by atoms with E-state index in [1.165, 1.54) is 11.3 Å². The predicted molar refractivity (Wildman–Crippen MR) is 109 cm³/mol. The van der Waals surface area contributed by atoms with Gasteiger partial charge in [-0.1, -0.05) is 53.8 Å². The van der Waals surface area contributed by atoms with Gasteiger partial charge < -0.3 is 5.32 Å². The number of amides is 2. The molecule has 0 unspecified atom stereocenters. The van der Waals surface area contributed by atoms with Crippen molar-refractivity contribution in [3.63, 3.8) is 0 Å².